The molecule has 1 N–H and O–H groups in total. The summed E-state index contributed by atoms with van der Waals surface area (Å²) in [7, 11) is 1.79. The van der Waals surface area contributed by atoms with Crippen LogP contribution >= 0.6 is 0 Å². The molecule has 5 nitrogen and oxygen atoms in total. The summed E-state index contributed by atoms with van der Waals surface area (Å²) in [5.41, 5.74) is 0.473. The van der Waals surface area contributed by atoms with Crippen molar-refractivity contribution >= 4 is 11.6 Å². The average molecular weight is 234 g/mol. The van der Waals surface area contributed by atoms with Crippen LogP contribution in [0.1, 0.15) is 32.4 Å². The largest absolute Gasteiger partial charge is 0.322 e. The van der Waals surface area contributed by atoms with Crippen molar-refractivity contribution in [3.8, 4) is 6.07 Å². The van der Waals surface area contributed by atoms with Gasteiger partial charge in [0.15, 0.2) is 0 Å². The highest BCUT2D eigenvalue weighted by atomic mass is 16.2. The molecule has 0 aliphatic rings. The van der Waals surface area contributed by atoms with Crippen LogP contribution in [-0.4, -0.2) is 15.7 Å². The molecule has 0 unspecified atom stereocenters. The molecule has 1 heterocycles. The fourth-order valence-corrected chi connectivity index (χ4v) is 1.74. The van der Waals surface area contributed by atoms with Gasteiger partial charge in [0.1, 0.15) is 5.41 Å². The molecule has 0 bridgehead atoms. The van der Waals surface area contributed by atoms with Crippen LogP contribution in [0, 0.1) is 23.7 Å². The van der Waals surface area contributed by atoms with E-state index in [1.54, 1.807) is 17.9 Å². The third-order valence-electron chi connectivity index (χ3n) is 3.12. The molecule has 0 saturated carbocycles. The quantitative estimate of drug-likeness (QED) is 0.866. The van der Waals surface area contributed by atoms with Crippen molar-refractivity contribution in [3.05, 3.63) is 11.9 Å². The first kappa shape index (κ1) is 13.2. The zero-order valence-electron chi connectivity index (χ0n) is 10.7. The molecule has 0 saturated heterocycles. The molecule has 92 valence electrons. The summed E-state index contributed by atoms with van der Waals surface area (Å²) in [4.78, 5) is 12.1. The summed E-state index contributed by atoms with van der Waals surface area (Å²) in [6, 6.07) is 2.12. The summed E-state index contributed by atoms with van der Waals surface area (Å²) >= 11 is 0. The minimum Gasteiger partial charge on any atom is -0.322 e. The second-order valence-electron chi connectivity index (χ2n) is 4.16. The lowest BCUT2D eigenvalue weighted by Gasteiger charge is -2.21. The Morgan fingerprint density at radius 2 is 2.18 bits per heavy atom. The van der Waals surface area contributed by atoms with Gasteiger partial charge in [-0.1, -0.05) is 13.8 Å². The van der Waals surface area contributed by atoms with Crippen molar-refractivity contribution in [3.63, 3.8) is 0 Å². The number of aromatic nitrogens is 2. The number of hydrogen-bond acceptors (Lipinski definition) is 3. The Bertz CT molecular complexity index is 452. The van der Waals surface area contributed by atoms with E-state index in [2.05, 4.69) is 16.5 Å². The molecule has 17 heavy (non-hydrogen) atoms. The maximum absolute atomic E-state index is 12.1. The maximum Gasteiger partial charge on any atom is 0.244 e. The molecule has 0 radical (unpaired) electrons. The van der Waals surface area contributed by atoms with Crippen LogP contribution in [0.3, 0.4) is 0 Å². The Balaban J connectivity index is 2.93. The Morgan fingerprint density at radius 3 is 2.53 bits per heavy atom. The first-order valence-corrected chi connectivity index (χ1v) is 5.72. The predicted octanol–water partition coefficient (Wildman–Crippen LogP) is 2.00. The van der Waals surface area contributed by atoms with Crippen molar-refractivity contribution in [2.24, 2.45) is 12.5 Å². The molecule has 0 atom stereocenters. The second kappa shape index (κ2) is 5.00. The van der Waals surface area contributed by atoms with Crippen LogP contribution in [0.4, 0.5) is 5.69 Å². The molecular weight excluding hydrogens is 216 g/mol. The molecular formula is C12H18N4O. The number of nitrogens with zero attached hydrogens (tertiary/aromatic N) is 3. The highest BCUT2D eigenvalue weighted by Gasteiger charge is 2.35. The Kier molecular flexibility index (Phi) is 3.89. The number of aryl methyl sites for hydroxylation is 2. The number of nitriles is 1. The fourth-order valence-electron chi connectivity index (χ4n) is 1.74. The zero-order valence-corrected chi connectivity index (χ0v) is 10.7. The number of anilines is 1. The van der Waals surface area contributed by atoms with E-state index >= 15 is 0 Å². The molecule has 1 aromatic rings. The lowest BCUT2D eigenvalue weighted by atomic mass is 9.83. The summed E-state index contributed by atoms with van der Waals surface area (Å²) in [5.74, 6) is -0.249. The topological polar surface area (TPSA) is 70.7 Å². The monoisotopic (exact) mass is 234 g/mol. The van der Waals surface area contributed by atoms with Crippen molar-refractivity contribution in [2.75, 3.05) is 5.32 Å². The predicted molar refractivity (Wildman–Crippen MR) is 65.2 cm³/mol. The summed E-state index contributed by atoms with van der Waals surface area (Å²) in [5, 5.41) is 16.1. The van der Waals surface area contributed by atoms with Crippen LogP contribution < -0.4 is 5.32 Å². The molecule has 1 amide bonds. The summed E-state index contributed by atoms with van der Waals surface area (Å²) < 4.78 is 1.64. The minimum atomic E-state index is -0.942. The Hall–Kier alpha value is -1.83. The summed E-state index contributed by atoms with van der Waals surface area (Å²) in [6.45, 7) is 5.52. The van der Waals surface area contributed by atoms with E-state index in [1.807, 2.05) is 20.8 Å². The number of carbonyl (C=O) groups excluding carboxylic acids is 1. The van der Waals surface area contributed by atoms with Gasteiger partial charge in [0.25, 0.3) is 0 Å². The third kappa shape index (κ3) is 2.47. The van der Waals surface area contributed by atoms with E-state index in [0.717, 1.165) is 5.69 Å². The zero-order chi connectivity index (χ0) is 13.1. The van der Waals surface area contributed by atoms with Gasteiger partial charge in [-0.3, -0.25) is 9.48 Å². The minimum absolute atomic E-state index is 0.249. The molecule has 0 fully saturated rings. The van der Waals surface area contributed by atoms with Gasteiger partial charge in [0.05, 0.1) is 17.5 Å². The van der Waals surface area contributed by atoms with Gasteiger partial charge in [-0.05, 0) is 19.8 Å². The van der Waals surface area contributed by atoms with Crippen LogP contribution in [0.15, 0.2) is 6.20 Å². The van der Waals surface area contributed by atoms with E-state index in [0.29, 0.717) is 18.5 Å². The smallest absolute Gasteiger partial charge is 0.244 e. The standard InChI is InChI=1S/C12H18N4O/c1-5-12(6-2,8-13)11(17)14-10-7-16(4)15-9(10)3/h7H,5-6H2,1-4H3,(H,14,17). The van der Waals surface area contributed by atoms with Gasteiger partial charge in [0.2, 0.25) is 5.91 Å². The number of amides is 1. The normalized spacial score (nSPS) is 11.0. The Morgan fingerprint density at radius 1 is 1.59 bits per heavy atom. The number of hydrogen-bond donors (Lipinski definition) is 1. The molecule has 1 rings (SSSR count). The van der Waals surface area contributed by atoms with Gasteiger partial charge in [-0.15, -0.1) is 0 Å². The lowest BCUT2D eigenvalue weighted by molar-refractivity contribution is -0.123. The lowest BCUT2D eigenvalue weighted by Crippen LogP contribution is -2.34. The van der Waals surface area contributed by atoms with Gasteiger partial charge in [0, 0.05) is 13.2 Å². The SMILES string of the molecule is CCC(C#N)(CC)C(=O)Nc1cn(C)nc1C. The van der Waals surface area contributed by atoms with Crippen LogP contribution in [-0.2, 0) is 11.8 Å². The molecule has 0 aliphatic carbocycles. The summed E-state index contributed by atoms with van der Waals surface area (Å²) in [6.07, 6.45) is 2.75. The van der Waals surface area contributed by atoms with Crippen LogP contribution in [0.2, 0.25) is 0 Å². The van der Waals surface area contributed by atoms with Gasteiger partial charge >= 0.3 is 0 Å². The van der Waals surface area contributed by atoms with E-state index < -0.39 is 5.41 Å². The maximum atomic E-state index is 12.1. The van der Waals surface area contributed by atoms with E-state index in [4.69, 9.17) is 5.26 Å². The first-order chi connectivity index (χ1) is 7.99. The molecule has 0 spiro atoms. The van der Waals surface area contributed by atoms with Crippen molar-refractivity contribution in [1.82, 2.24) is 9.78 Å². The second-order valence-corrected chi connectivity index (χ2v) is 4.16. The Labute approximate surface area is 101 Å². The molecule has 5 heteroatoms. The van der Waals surface area contributed by atoms with Gasteiger partial charge in [-0.25, -0.2) is 0 Å². The van der Waals surface area contributed by atoms with E-state index in [9.17, 15) is 4.79 Å². The fraction of sp³-hybridized carbons (Fsp3) is 0.583. The highest BCUT2D eigenvalue weighted by molar-refractivity contribution is 5.97. The van der Waals surface area contributed by atoms with Crippen molar-refractivity contribution in [2.45, 2.75) is 33.6 Å². The molecule has 0 aliphatic heterocycles. The van der Waals surface area contributed by atoms with E-state index in [-0.39, 0.29) is 5.91 Å². The molecule has 1 aromatic heterocycles. The molecule has 0 aromatic carbocycles. The number of rotatable bonds is 4. The van der Waals surface area contributed by atoms with Gasteiger partial charge < -0.3 is 5.32 Å². The van der Waals surface area contributed by atoms with Gasteiger partial charge in [-0.2, -0.15) is 10.4 Å². The van der Waals surface area contributed by atoms with Crippen molar-refractivity contribution < 1.29 is 4.79 Å². The van der Waals surface area contributed by atoms with Crippen LogP contribution in [0.25, 0.3) is 0 Å². The van der Waals surface area contributed by atoms with E-state index in [1.165, 1.54) is 0 Å². The highest BCUT2D eigenvalue weighted by Crippen LogP contribution is 2.27. The average Bonchev–Trinajstić information content (AvgIpc) is 2.61. The van der Waals surface area contributed by atoms with Crippen molar-refractivity contribution in [1.29, 1.82) is 5.26 Å². The van der Waals surface area contributed by atoms with Crippen LogP contribution in [0.5, 0.6) is 0 Å². The number of carbonyl (C=O) groups is 1. The first-order valence-electron chi connectivity index (χ1n) is 5.72. The number of nitrogens with one attached hydrogen (secondary N) is 1. The third-order valence-corrected chi connectivity index (χ3v) is 3.12.